The Labute approximate surface area is 176 Å². The number of imidazole rings is 1. The quantitative estimate of drug-likeness (QED) is 0.358. The SMILES string of the molecule is Cc1ccc(-n2ccnc2C)c(N=Cc2ccc(N(CCCl)CCCl)cc2)c1. The number of alkyl halides is 2. The number of anilines is 1. The monoisotopic (exact) mass is 414 g/mol. The van der Waals surface area contributed by atoms with Crippen molar-refractivity contribution >= 4 is 40.8 Å². The zero-order valence-corrected chi connectivity index (χ0v) is 17.7. The van der Waals surface area contributed by atoms with E-state index < -0.39 is 0 Å². The Bertz CT molecular complexity index is 926. The molecule has 0 saturated heterocycles. The number of rotatable bonds is 8. The maximum atomic E-state index is 5.90. The number of benzene rings is 2. The van der Waals surface area contributed by atoms with Crippen LogP contribution in [0.5, 0.6) is 0 Å². The van der Waals surface area contributed by atoms with Gasteiger partial charge in [0.05, 0.1) is 11.4 Å². The second-order valence-electron chi connectivity index (χ2n) is 6.55. The molecule has 0 saturated carbocycles. The molecule has 0 atom stereocenters. The zero-order chi connectivity index (χ0) is 19.9. The van der Waals surface area contributed by atoms with Gasteiger partial charge in [-0.05, 0) is 49.2 Å². The van der Waals surface area contributed by atoms with E-state index in [-0.39, 0.29) is 0 Å². The van der Waals surface area contributed by atoms with Crippen molar-refractivity contribution in [2.75, 3.05) is 29.7 Å². The molecule has 3 aromatic rings. The Hall–Kier alpha value is -2.30. The van der Waals surface area contributed by atoms with Crippen LogP contribution in [0, 0.1) is 13.8 Å². The molecule has 0 aliphatic rings. The van der Waals surface area contributed by atoms with E-state index in [1.165, 1.54) is 5.56 Å². The van der Waals surface area contributed by atoms with Crippen molar-refractivity contribution in [3.05, 3.63) is 71.8 Å². The fraction of sp³-hybridized carbons (Fsp3) is 0.273. The van der Waals surface area contributed by atoms with Gasteiger partial charge in [0, 0.05) is 49.1 Å². The molecule has 0 unspecified atom stereocenters. The highest BCUT2D eigenvalue weighted by molar-refractivity contribution is 6.18. The van der Waals surface area contributed by atoms with Crippen molar-refractivity contribution in [3.8, 4) is 5.69 Å². The van der Waals surface area contributed by atoms with Gasteiger partial charge in [0.25, 0.3) is 0 Å². The molecule has 1 heterocycles. The minimum Gasteiger partial charge on any atom is -0.369 e. The molecule has 0 bridgehead atoms. The first kappa shape index (κ1) is 20.4. The number of aryl methyl sites for hydroxylation is 2. The van der Waals surface area contributed by atoms with E-state index in [0.717, 1.165) is 41.5 Å². The van der Waals surface area contributed by atoms with Crippen molar-refractivity contribution in [3.63, 3.8) is 0 Å². The van der Waals surface area contributed by atoms with Crippen LogP contribution < -0.4 is 4.90 Å². The highest BCUT2D eigenvalue weighted by atomic mass is 35.5. The highest BCUT2D eigenvalue weighted by Gasteiger charge is 2.07. The summed E-state index contributed by atoms with van der Waals surface area (Å²) in [6, 6.07) is 14.5. The van der Waals surface area contributed by atoms with Crippen LogP contribution in [-0.4, -0.2) is 40.6 Å². The minimum atomic E-state index is 0.573. The first-order chi connectivity index (χ1) is 13.6. The number of nitrogens with zero attached hydrogens (tertiary/aromatic N) is 4. The van der Waals surface area contributed by atoms with E-state index in [0.29, 0.717) is 11.8 Å². The fourth-order valence-electron chi connectivity index (χ4n) is 3.06. The average Bonchev–Trinajstić information content (AvgIpc) is 3.12. The number of aliphatic imine (C=N–C) groups is 1. The molecular formula is C22H24Cl2N4. The third-order valence-corrected chi connectivity index (χ3v) is 4.87. The summed E-state index contributed by atoms with van der Waals surface area (Å²) in [5.74, 6) is 2.08. The van der Waals surface area contributed by atoms with E-state index in [4.69, 9.17) is 28.2 Å². The third-order valence-electron chi connectivity index (χ3n) is 4.54. The summed E-state index contributed by atoms with van der Waals surface area (Å²) in [6.45, 7) is 5.61. The van der Waals surface area contributed by atoms with E-state index in [1.54, 1.807) is 6.20 Å². The number of halogens is 2. The maximum absolute atomic E-state index is 5.90. The summed E-state index contributed by atoms with van der Waals surface area (Å²) in [5, 5.41) is 0. The van der Waals surface area contributed by atoms with Gasteiger partial charge in [0.15, 0.2) is 0 Å². The van der Waals surface area contributed by atoms with Gasteiger partial charge in [-0.3, -0.25) is 4.99 Å². The van der Waals surface area contributed by atoms with Crippen LogP contribution in [0.3, 0.4) is 0 Å². The van der Waals surface area contributed by atoms with Crippen LogP contribution in [0.15, 0.2) is 59.9 Å². The van der Waals surface area contributed by atoms with Crippen LogP contribution in [0.4, 0.5) is 11.4 Å². The highest BCUT2D eigenvalue weighted by Crippen LogP contribution is 2.26. The fourth-order valence-corrected chi connectivity index (χ4v) is 3.47. The number of hydrogen-bond donors (Lipinski definition) is 0. The molecule has 28 heavy (non-hydrogen) atoms. The predicted molar refractivity (Wildman–Crippen MR) is 120 cm³/mol. The first-order valence-corrected chi connectivity index (χ1v) is 10.3. The molecule has 2 aromatic carbocycles. The van der Waals surface area contributed by atoms with Crippen LogP contribution in [0.2, 0.25) is 0 Å². The zero-order valence-electron chi connectivity index (χ0n) is 16.1. The summed E-state index contributed by atoms with van der Waals surface area (Å²) in [7, 11) is 0. The third kappa shape index (κ3) is 4.94. The summed E-state index contributed by atoms with van der Waals surface area (Å²) < 4.78 is 2.05. The van der Waals surface area contributed by atoms with Gasteiger partial charge in [-0.1, -0.05) is 18.2 Å². The average molecular weight is 415 g/mol. The minimum absolute atomic E-state index is 0.573. The van der Waals surface area contributed by atoms with Crippen molar-refractivity contribution in [2.24, 2.45) is 4.99 Å². The van der Waals surface area contributed by atoms with Gasteiger partial charge in [0.2, 0.25) is 0 Å². The van der Waals surface area contributed by atoms with Crippen molar-refractivity contribution in [1.82, 2.24) is 9.55 Å². The van der Waals surface area contributed by atoms with Gasteiger partial charge >= 0.3 is 0 Å². The molecule has 1 aromatic heterocycles. The van der Waals surface area contributed by atoms with Crippen LogP contribution in [0.25, 0.3) is 5.69 Å². The lowest BCUT2D eigenvalue weighted by atomic mass is 10.1. The Morgan fingerprint density at radius 2 is 1.75 bits per heavy atom. The van der Waals surface area contributed by atoms with Crippen LogP contribution in [-0.2, 0) is 0 Å². The van der Waals surface area contributed by atoms with Crippen molar-refractivity contribution < 1.29 is 0 Å². The lowest BCUT2D eigenvalue weighted by molar-refractivity contribution is 0.874. The normalized spacial score (nSPS) is 11.3. The molecular weight excluding hydrogens is 391 g/mol. The Balaban J connectivity index is 1.84. The van der Waals surface area contributed by atoms with E-state index >= 15 is 0 Å². The largest absolute Gasteiger partial charge is 0.369 e. The van der Waals surface area contributed by atoms with Gasteiger partial charge in [0.1, 0.15) is 5.82 Å². The number of aromatic nitrogens is 2. The molecule has 4 nitrogen and oxygen atoms in total. The smallest absolute Gasteiger partial charge is 0.110 e. The molecule has 6 heteroatoms. The van der Waals surface area contributed by atoms with Gasteiger partial charge in [-0.25, -0.2) is 4.98 Å². The molecule has 3 rings (SSSR count). The molecule has 0 N–H and O–H groups in total. The lowest BCUT2D eigenvalue weighted by Crippen LogP contribution is -2.27. The first-order valence-electron chi connectivity index (χ1n) is 9.24. The molecule has 0 aliphatic heterocycles. The lowest BCUT2D eigenvalue weighted by Gasteiger charge is -2.22. The van der Waals surface area contributed by atoms with Crippen LogP contribution >= 0.6 is 23.2 Å². The van der Waals surface area contributed by atoms with E-state index in [1.807, 2.05) is 23.9 Å². The Kier molecular flexibility index (Phi) is 7.12. The molecule has 0 radical (unpaired) electrons. The molecule has 0 spiro atoms. The summed E-state index contributed by atoms with van der Waals surface area (Å²) >= 11 is 11.8. The predicted octanol–water partition coefficient (Wildman–Crippen LogP) is 5.52. The summed E-state index contributed by atoms with van der Waals surface area (Å²) in [5.41, 5.74) is 5.25. The summed E-state index contributed by atoms with van der Waals surface area (Å²) in [6.07, 6.45) is 5.65. The second-order valence-corrected chi connectivity index (χ2v) is 7.31. The van der Waals surface area contributed by atoms with Crippen LogP contribution in [0.1, 0.15) is 17.0 Å². The molecule has 0 fully saturated rings. The van der Waals surface area contributed by atoms with E-state index in [2.05, 4.69) is 59.3 Å². The Morgan fingerprint density at radius 1 is 1.04 bits per heavy atom. The second kappa shape index (κ2) is 9.76. The molecule has 0 aliphatic carbocycles. The molecule has 0 amide bonds. The topological polar surface area (TPSA) is 33.4 Å². The standard InChI is InChI=1S/C22H24Cl2N4/c1-17-3-8-22(28-14-11-25-18(28)2)21(15-17)26-16-19-4-6-20(7-5-19)27(12-9-23)13-10-24/h3-8,11,14-16H,9-10,12-13H2,1-2H3. The molecule has 146 valence electrons. The maximum Gasteiger partial charge on any atom is 0.110 e. The van der Waals surface area contributed by atoms with Gasteiger partial charge in [-0.15, -0.1) is 23.2 Å². The van der Waals surface area contributed by atoms with Crippen molar-refractivity contribution in [2.45, 2.75) is 13.8 Å². The number of hydrogen-bond acceptors (Lipinski definition) is 3. The summed E-state index contributed by atoms with van der Waals surface area (Å²) in [4.78, 5) is 11.3. The Morgan fingerprint density at radius 3 is 2.36 bits per heavy atom. The van der Waals surface area contributed by atoms with Crippen molar-refractivity contribution in [1.29, 1.82) is 0 Å². The van der Waals surface area contributed by atoms with E-state index in [9.17, 15) is 0 Å². The van der Waals surface area contributed by atoms with Gasteiger partial charge < -0.3 is 9.47 Å². The van der Waals surface area contributed by atoms with Gasteiger partial charge in [-0.2, -0.15) is 0 Å².